The van der Waals surface area contributed by atoms with E-state index in [-0.39, 0.29) is 12.0 Å². The minimum atomic E-state index is -0.420. The number of hydrogen-bond donors (Lipinski definition) is 2. The number of para-hydroxylation sites is 1. The van der Waals surface area contributed by atoms with E-state index in [9.17, 15) is 4.79 Å². The second kappa shape index (κ2) is 11.7. The Morgan fingerprint density at radius 2 is 1.77 bits per heavy atom. The Bertz CT molecular complexity index is 1460. The summed E-state index contributed by atoms with van der Waals surface area (Å²) >= 11 is 0. The van der Waals surface area contributed by atoms with Crippen molar-refractivity contribution in [3.8, 4) is 22.9 Å². The maximum Gasteiger partial charge on any atom is 0.321 e. The quantitative estimate of drug-likeness (QED) is 0.306. The van der Waals surface area contributed by atoms with Crippen LogP contribution in [0.2, 0.25) is 0 Å². The first-order valence-corrected chi connectivity index (χ1v) is 13.3. The van der Waals surface area contributed by atoms with E-state index < -0.39 is 6.03 Å². The lowest BCUT2D eigenvalue weighted by Crippen LogP contribution is -2.37. The van der Waals surface area contributed by atoms with Crippen molar-refractivity contribution >= 4 is 17.9 Å². The van der Waals surface area contributed by atoms with E-state index in [1.807, 2.05) is 76.2 Å². The van der Waals surface area contributed by atoms with Crippen molar-refractivity contribution < 1.29 is 18.7 Å². The molecule has 0 unspecified atom stereocenters. The molecule has 0 bridgehead atoms. The molecule has 5 rings (SSSR count). The van der Waals surface area contributed by atoms with Gasteiger partial charge in [-0.05, 0) is 13.0 Å². The van der Waals surface area contributed by atoms with Crippen LogP contribution in [0, 0.1) is 6.92 Å². The van der Waals surface area contributed by atoms with Crippen LogP contribution in [0.3, 0.4) is 0 Å². The van der Waals surface area contributed by atoms with Crippen LogP contribution in [-0.2, 0) is 16.7 Å². The lowest BCUT2D eigenvalue weighted by molar-refractivity contribution is 0.122. The summed E-state index contributed by atoms with van der Waals surface area (Å²) in [5, 5.41) is 5.74. The van der Waals surface area contributed by atoms with Crippen LogP contribution in [0.1, 0.15) is 37.8 Å². The predicted octanol–water partition coefficient (Wildman–Crippen LogP) is 5.69. The first-order chi connectivity index (χ1) is 19.3. The third-order valence-electron chi connectivity index (χ3n) is 6.36. The van der Waals surface area contributed by atoms with Gasteiger partial charge in [-0.25, -0.2) is 14.8 Å². The fourth-order valence-electron chi connectivity index (χ4n) is 4.12. The highest BCUT2D eigenvalue weighted by Crippen LogP contribution is 2.33. The molecule has 1 aliphatic heterocycles. The van der Waals surface area contributed by atoms with Gasteiger partial charge in [0.25, 0.3) is 0 Å². The monoisotopic (exact) mass is 542 g/mol. The van der Waals surface area contributed by atoms with Crippen LogP contribution >= 0.6 is 0 Å². The van der Waals surface area contributed by atoms with Gasteiger partial charge in [0.05, 0.1) is 13.2 Å². The van der Waals surface area contributed by atoms with Crippen LogP contribution in [0.25, 0.3) is 11.3 Å². The van der Waals surface area contributed by atoms with E-state index in [0.717, 1.165) is 29.8 Å². The molecular formula is C30H34N6O4. The highest BCUT2D eigenvalue weighted by molar-refractivity contribution is 5.91. The van der Waals surface area contributed by atoms with E-state index >= 15 is 0 Å². The molecule has 0 saturated carbocycles. The molecule has 2 aromatic carbocycles. The van der Waals surface area contributed by atoms with E-state index in [2.05, 4.69) is 25.5 Å². The standard InChI is InChI=1S/C30H34N6O4/c1-20-9-11-21(12-10-20)25-26(40-27(34-25)30(2,3)4)35-29(37)32-19-22-7-5-6-8-23(22)39-24-13-14-31-28(33-24)36-15-17-38-18-16-36/h5-14H,15-19H2,1-4H3,(H2,32,35,37). The molecule has 1 saturated heterocycles. The number of carbonyl (C=O) groups excluding carboxylic acids is 1. The molecule has 1 fully saturated rings. The number of nitrogens with zero attached hydrogens (tertiary/aromatic N) is 4. The Morgan fingerprint density at radius 3 is 2.52 bits per heavy atom. The first-order valence-electron chi connectivity index (χ1n) is 13.3. The summed E-state index contributed by atoms with van der Waals surface area (Å²) in [7, 11) is 0. The number of morpholine rings is 1. The summed E-state index contributed by atoms with van der Waals surface area (Å²) < 4.78 is 17.5. The van der Waals surface area contributed by atoms with E-state index in [1.165, 1.54) is 0 Å². The molecule has 2 aromatic heterocycles. The van der Waals surface area contributed by atoms with Gasteiger partial charge in [-0.15, -0.1) is 0 Å². The number of carbonyl (C=O) groups is 1. The van der Waals surface area contributed by atoms with Crippen LogP contribution in [-0.4, -0.2) is 47.3 Å². The highest BCUT2D eigenvalue weighted by atomic mass is 16.5. The fourth-order valence-corrected chi connectivity index (χ4v) is 4.12. The maximum atomic E-state index is 13.0. The molecule has 0 radical (unpaired) electrons. The molecule has 10 heteroatoms. The highest BCUT2D eigenvalue weighted by Gasteiger charge is 2.25. The van der Waals surface area contributed by atoms with Crippen LogP contribution < -0.4 is 20.3 Å². The van der Waals surface area contributed by atoms with Gasteiger partial charge in [-0.2, -0.15) is 4.98 Å². The average Bonchev–Trinajstić information content (AvgIpc) is 3.38. The van der Waals surface area contributed by atoms with Gasteiger partial charge in [0, 0.05) is 48.4 Å². The molecule has 0 atom stereocenters. The molecule has 0 aliphatic carbocycles. The van der Waals surface area contributed by atoms with Gasteiger partial charge in [0.1, 0.15) is 11.4 Å². The van der Waals surface area contributed by atoms with Gasteiger partial charge < -0.3 is 24.1 Å². The Labute approximate surface area is 233 Å². The Morgan fingerprint density at radius 1 is 1.02 bits per heavy atom. The molecule has 3 heterocycles. The minimum absolute atomic E-state index is 0.226. The predicted molar refractivity (Wildman–Crippen MR) is 153 cm³/mol. The third-order valence-corrected chi connectivity index (χ3v) is 6.36. The number of oxazole rings is 1. The zero-order valence-corrected chi connectivity index (χ0v) is 23.2. The molecule has 4 aromatic rings. The van der Waals surface area contributed by atoms with Crippen LogP contribution in [0.5, 0.6) is 11.6 Å². The molecule has 208 valence electrons. The number of aromatic nitrogens is 3. The number of anilines is 2. The lowest BCUT2D eigenvalue weighted by Gasteiger charge is -2.26. The zero-order chi connectivity index (χ0) is 28.1. The molecule has 10 nitrogen and oxygen atoms in total. The smallest absolute Gasteiger partial charge is 0.321 e. The molecule has 0 spiro atoms. The van der Waals surface area contributed by atoms with Gasteiger partial charge in [-0.1, -0.05) is 68.8 Å². The van der Waals surface area contributed by atoms with Crippen molar-refractivity contribution in [2.45, 2.75) is 39.7 Å². The van der Waals surface area contributed by atoms with E-state index in [0.29, 0.717) is 48.3 Å². The first kappa shape index (κ1) is 27.1. The summed E-state index contributed by atoms with van der Waals surface area (Å²) in [5.41, 5.74) is 3.05. The summed E-state index contributed by atoms with van der Waals surface area (Å²) in [5.74, 6) is 2.45. The number of aryl methyl sites for hydroxylation is 1. The van der Waals surface area contributed by atoms with Crippen molar-refractivity contribution in [1.82, 2.24) is 20.3 Å². The Hall–Kier alpha value is -4.44. The van der Waals surface area contributed by atoms with Gasteiger partial charge in [-0.3, -0.25) is 5.32 Å². The third kappa shape index (κ3) is 6.58. The number of rotatable bonds is 7. The number of nitrogens with one attached hydrogen (secondary N) is 2. The number of hydrogen-bond acceptors (Lipinski definition) is 8. The van der Waals surface area contributed by atoms with E-state index in [4.69, 9.17) is 18.9 Å². The van der Waals surface area contributed by atoms with Crippen molar-refractivity contribution in [3.05, 3.63) is 77.8 Å². The molecule has 40 heavy (non-hydrogen) atoms. The number of urea groups is 1. The maximum absolute atomic E-state index is 13.0. The number of ether oxygens (including phenoxy) is 2. The molecule has 2 N–H and O–H groups in total. The summed E-state index contributed by atoms with van der Waals surface area (Å²) in [6.07, 6.45) is 1.68. The van der Waals surface area contributed by atoms with Crippen molar-refractivity contribution in [3.63, 3.8) is 0 Å². The SMILES string of the molecule is Cc1ccc(-c2nc(C(C)(C)C)oc2NC(=O)NCc2ccccc2Oc2ccnc(N3CCOCC3)n2)cc1. The minimum Gasteiger partial charge on any atom is -0.439 e. The van der Waals surface area contributed by atoms with Gasteiger partial charge in [0.2, 0.25) is 23.6 Å². The summed E-state index contributed by atoms with van der Waals surface area (Å²) in [4.78, 5) is 28.7. The van der Waals surface area contributed by atoms with Crippen molar-refractivity contribution in [2.75, 3.05) is 36.5 Å². The second-order valence-electron chi connectivity index (χ2n) is 10.6. The van der Waals surface area contributed by atoms with Crippen LogP contribution in [0.4, 0.5) is 16.6 Å². The topological polar surface area (TPSA) is 115 Å². The van der Waals surface area contributed by atoms with Crippen molar-refractivity contribution in [2.24, 2.45) is 0 Å². The average molecular weight is 543 g/mol. The number of amides is 2. The molecule has 2 amide bonds. The largest absolute Gasteiger partial charge is 0.439 e. The number of benzene rings is 2. The second-order valence-corrected chi connectivity index (χ2v) is 10.6. The van der Waals surface area contributed by atoms with Gasteiger partial charge in [0.15, 0.2) is 0 Å². The zero-order valence-electron chi connectivity index (χ0n) is 23.2. The Balaban J connectivity index is 1.28. The Kier molecular flexibility index (Phi) is 7.97. The van der Waals surface area contributed by atoms with E-state index in [1.54, 1.807) is 12.3 Å². The van der Waals surface area contributed by atoms with Gasteiger partial charge >= 0.3 is 6.03 Å². The van der Waals surface area contributed by atoms with Crippen molar-refractivity contribution in [1.29, 1.82) is 0 Å². The summed E-state index contributed by atoms with van der Waals surface area (Å²) in [6, 6.07) is 16.7. The normalized spacial score (nSPS) is 13.7. The van der Waals surface area contributed by atoms with Crippen LogP contribution in [0.15, 0.2) is 65.2 Å². The molecular weight excluding hydrogens is 508 g/mol. The lowest BCUT2D eigenvalue weighted by atomic mass is 9.97. The summed E-state index contributed by atoms with van der Waals surface area (Å²) in [6.45, 7) is 11.0. The molecule has 1 aliphatic rings. The fraction of sp³-hybridized carbons (Fsp3) is 0.333.